The Morgan fingerprint density at radius 2 is 1.55 bits per heavy atom. The van der Waals surface area contributed by atoms with Gasteiger partial charge in [0.05, 0.1) is 11.6 Å². The molecule has 136 valence electrons. The topological polar surface area (TPSA) is 33.0 Å². The predicted molar refractivity (Wildman–Crippen MR) is 116 cm³/mol. The normalized spacial score (nSPS) is 8.14. The molecular formula is C25H11Cl2NO. The van der Waals surface area contributed by atoms with E-state index >= 15 is 0 Å². The molecule has 4 heteroatoms. The molecule has 0 bridgehead atoms. The molecule has 0 saturated carbocycles. The summed E-state index contributed by atoms with van der Waals surface area (Å²) in [4.78, 5) is 0. The van der Waals surface area contributed by atoms with Gasteiger partial charge in [0.2, 0.25) is 0 Å². The van der Waals surface area contributed by atoms with Crippen molar-refractivity contribution < 1.29 is 4.74 Å². The Labute approximate surface area is 180 Å². The van der Waals surface area contributed by atoms with Crippen LogP contribution in [-0.4, -0.2) is 0 Å². The molecule has 0 fully saturated rings. The van der Waals surface area contributed by atoms with Crippen LogP contribution in [0.3, 0.4) is 0 Å². The Balaban J connectivity index is 2.24. The lowest BCUT2D eigenvalue weighted by Gasteiger charge is -2.12. The Hall–Kier alpha value is -3.89. The third-order valence-corrected chi connectivity index (χ3v) is 4.13. The van der Waals surface area contributed by atoms with Gasteiger partial charge in [-0.15, -0.1) is 29.6 Å². The molecular weight excluding hydrogens is 401 g/mol. The van der Waals surface area contributed by atoms with Crippen molar-refractivity contribution in [3.63, 3.8) is 0 Å². The van der Waals surface area contributed by atoms with Crippen LogP contribution in [0.25, 0.3) is 11.1 Å². The zero-order valence-corrected chi connectivity index (χ0v) is 16.6. The van der Waals surface area contributed by atoms with Gasteiger partial charge in [-0.05, 0) is 70.2 Å². The SMILES string of the molecule is C#CC#CC#CC#CC#COc1cccc(-c2cc(CCl)c(C#N)cc2CCl)c1. The van der Waals surface area contributed by atoms with Crippen molar-refractivity contribution in [1.82, 2.24) is 0 Å². The van der Waals surface area contributed by atoms with Crippen molar-refractivity contribution in [2.75, 3.05) is 0 Å². The van der Waals surface area contributed by atoms with Gasteiger partial charge >= 0.3 is 0 Å². The van der Waals surface area contributed by atoms with Crippen LogP contribution in [0.4, 0.5) is 0 Å². The minimum atomic E-state index is 0.232. The maximum absolute atomic E-state index is 9.27. The number of ether oxygens (including phenoxy) is 1. The third kappa shape index (κ3) is 6.34. The van der Waals surface area contributed by atoms with Crippen molar-refractivity contribution in [1.29, 1.82) is 5.26 Å². The molecule has 0 spiro atoms. The highest BCUT2D eigenvalue weighted by molar-refractivity contribution is 6.18. The molecule has 0 aliphatic carbocycles. The van der Waals surface area contributed by atoms with E-state index in [1.165, 1.54) is 0 Å². The maximum atomic E-state index is 9.27. The third-order valence-electron chi connectivity index (χ3n) is 3.55. The monoisotopic (exact) mass is 411 g/mol. The van der Waals surface area contributed by atoms with Gasteiger partial charge in [0.1, 0.15) is 11.9 Å². The van der Waals surface area contributed by atoms with Gasteiger partial charge < -0.3 is 4.74 Å². The minimum absolute atomic E-state index is 0.232. The van der Waals surface area contributed by atoms with Crippen LogP contribution in [0.1, 0.15) is 16.7 Å². The molecule has 29 heavy (non-hydrogen) atoms. The Morgan fingerprint density at radius 3 is 2.21 bits per heavy atom. The highest BCUT2D eigenvalue weighted by atomic mass is 35.5. The predicted octanol–water partition coefficient (Wildman–Crippen LogP) is 4.69. The highest BCUT2D eigenvalue weighted by Gasteiger charge is 2.11. The maximum Gasteiger partial charge on any atom is 0.140 e. The molecule has 0 radical (unpaired) electrons. The van der Waals surface area contributed by atoms with Gasteiger partial charge in [0.25, 0.3) is 0 Å². The zero-order chi connectivity index (χ0) is 20.9. The molecule has 0 aliphatic heterocycles. The molecule has 0 unspecified atom stereocenters. The summed E-state index contributed by atoms with van der Waals surface area (Å²) in [5.74, 6) is 20.5. The first-order chi connectivity index (χ1) is 14.2. The molecule has 2 aromatic rings. The number of nitrogens with zero attached hydrogens (tertiary/aromatic N) is 1. The Morgan fingerprint density at radius 1 is 0.862 bits per heavy atom. The van der Waals surface area contributed by atoms with E-state index in [4.69, 9.17) is 34.4 Å². The Bertz CT molecular complexity index is 1250. The summed E-state index contributed by atoms with van der Waals surface area (Å²) in [5.41, 5.74) is 3.85. The fourth-order valence-corrected chi connectivity index (χ4v) is 2.75. The van der Waals surface area contributed by atoms with Gasteiger partial charge in [-0.25, -0.2) is 0 Å². The molecule has 2 nitrogen and oxygen atoms in total. The molecule has 0 aliphatic rings. The first-order valence-electron chi connectivity index (χ1n) is 8.14. The average Bonchev–Trinajstić information content (AvgIpc) is 2.77. The van der Waals surface area contributed by atoms with E-state index in [1.807, 2.05) is 24.3 Å². The van der Waals surface area contributed by atoms with Crippen LogP contribution in [0.2, 0.25) is 0 Å². The molecule has 0 heterocycles. The largest absolute Gasteiger partial charge is 0.407 e. The van der Waals surface area contributed by atoms with Crippen molar-refractivity contribution >= 4 is 23.2 Å². The summed E-state index contributed by atoms with van der Waals surface area (Å²) in [5, 5.41) is 9.27. The number of hydrogen-bond donors (Lipinski definition) is 0. The Kier molecular flexibility index (Phi) is 8.67. The smallest absolute Gasteiger partial charge is 0.140 e. The lowest BCUT2D eigenvalue weighted by molar-refractivity contribution is 0.520. The fourth-order valence-electron chi connectivity index (χ4n) is 2.31. The van der Waals surface area contributed by atoms with Gasteiger partial charge in [-0.3, -0.25) is 0 Å². The summed E-state index contributed by atoms with van der Waals surface area (Å²) in [6.45, 7) is 0. The summed E-state index contributed by atoms with van der Waals surface area (Å²) in [6.07, 6.45) is 7.47. The van der Waals surface area contributed by atoms with Crippen molar-refractivity contribution in [3.8, 4) is 82.8 Å². The summed E-state index contributed by atoms with van der Waals surface area (Å²) < 4.78 is 5.41. The van der Waals surface area contributed by atoms with Gasteiger partial charge in [-0.2, -0.15) is 5.26 Å². The average molecular weight is 412 g/mol. The molecule has 0 aromatic heterocycles. The van der Waals surface area contributed by atoms with Crippen LogP contribution in [0.5, 0.6) is 5.75 Å². The number of halogens is 2. The van der Waals surface area contributed by atoms with Gasteiger partial charge in [0, 0.05) is 35.4 Å². The number of rotatable bonds is 4. The first kappa shape index (κ1) is 21.4. The molecule has 0 atom stereocenters. The van der Waals surface area contributed by atoms with E-state index in [0.717, 1.165) is 22.3 Å². The highest BCUT2D eigenvalue weighted by Crippen LogP contribution is 2.31. The van der Waals surface area contributed by atoms with Crippen LogP contribution in [0, 0.1) is 71.2 Å². The van der Waals surface area contributed by atoms with Crippen LogP contribution in [-0.2, 0) is 11.8 Å². The fraction of sp³-hybridized carbons (Fsp3) is 0.0800. The number of hydrogen-bond acceptors (Lipinski definition) is 2. The minimum Gasteiger partial charge on any atom is -0.407 e. The zero-order valence-electron chi connectivity index (χ0n) is 15.1. The molecule has 0 saturated heterocycles. The van der Waals surface area contributed by atoms with Crippen molar-refractivity contribution in [3.05, 3.63) is 53.1 Å². The van der Waals surface area contributed by atoms with Crippen LogP contribution in [0.15, 0.2) is 36.4 Å². The first-order valence-corrected chi connectivity index (χ1v) is 9.21. The van der Waals surface area contributed by atoms with Crippen LogP contribution < -0.4 is 4.74 Å². The number of terminal acetylenes is 1. The summed E-state index contributed by atoms with van der Waals surface area (Å²) >= 11 is 12.1. The van der Waals surface area contributed by atoms with E-state index in [1.54, 1.807) is 12.1 Å². The second-order valence-electron chi connectivity index (χ2n) is 5.30. The van der Waals surface area contributed by atoms with Crippen molar-refractivity contribution in [2.24, 2.45) is 0 Å². The lowest BCUT2D eigenvalue weighted by Crippen LogP contribution is -1.94. The molecule has 2 aromatic carbocycles. The van der Waals surface area contributed by atoms with Crippen molar-refractivity contribution in [2.45, 2.75) is 11.8 Å². The number of nitriles is 1. The standard InChI is InChI=1S/C25H11Cl2NO/c1-2-3-4-5-6-7-8-9-13-29-24-12-10-11-20(15-24)25-16-21(17-26)23(19-28)14-22(25)18-27/h1,10-12,14-16H,17-18H2. The molecule has 2 rings (SSSR count). The lowest BCUT2D eigenvalue weighted by atomic mass is 9.95. The van der Waals surface area contributed by atoms with E-state index < -0.39 is 0 Å². The van der Waals surface area contributed by atoms with Crippen LogP contribution >= 0.6 is 23.2 Å². The molecule has 0 N–H and O–H groups in total. The number of alkyl halides is 2. The van der Waals surface area contributed by atoms with Gasteiger partial charge in [-0.1, -0.05) is 12.1 Å². The van der Waals surface area contributed by atoms with Gasteiger partial charge in [0.15, 0.2) is 0 Å². The second kappa shape index (κ2) is 11.7. The summed E-state index contributed by atoms with van der Waals surface area (Å²) in [6, 6.07) is 13.1. The van der Waals surface area contributed by atoms with E-state index in [0.29, 0.717) is 11.3 Å². The molecule has 0 amide bonds. The quantitative estimate of drug-likeness (QED) is 0.540. The van der Waals surface area contributed by atoms with E-state index in [2.05, 4.69) is 59.5 Å². The number of benzene rings is 2. The second-order valence-corrected chi connectivity index (χ2v) is 5.83. The summed E-state index contributed by atoms with van der Waals surface area (Å²) in [7, 11) is 0. The van der Waals surface area contributed by atoms with E-state index in [9.17, 15) is 5.26 Å². The van der Waals surface area contributed by atoms with E-state index in [-0.39, 0.29) is 11.8 Å².